The van der Waals surface area contributed by atoms with Gasteiger partial charge in [-0.3, -0.25) is 14.4 Å². The highest BCUT2D eigenvalue weighted by Crippen LogP contribution is 2.41. The molecule has 0 aromatic heterocycles. The smallest absolute Gasteiger partial charge is 0.311 e. The zero-order valence-corrected chi connectivity index (χ0v) is 29.2. The molecular formula is C40H42O5S2. The van der Waals surface area contributed by atoms with Gasteiger partial charge in [0.2, 0.25) is 0 Å². The van der Waals surface area contributed by atoms with Gasteiger partial charge in [-0.05, 0) is 85.3 Å². The molecule has 0 radical (unpaired) electrons. The van der Waals surface area contributed by atoms with Crippen molar-refractivity contribution in [2.75, 3.05) is 6.61 Å². The van der Waals surface area contributed by atoms with Gasteiger partial charge in [-0.2, -0.15) is 0 Å². The number of ether oxygens (including phenoxy) is 2. The van der Waals surface area contributed by atoms with Crippen LogP contribution in [-0.4, -0.2) is 24.1 Å². The highest BCUT2D eigenvalue weighted by atomic mass is 32.2. The van der Waals surface area contributed by atoms with Crippen LogP contribution in [0.25, 0.3) is 0 Å². The van der Waals surface area contributed by atoms with Crippen molar-refractivity contribution in [1.29, 1.82) is 0 Å². The Bertz CT molecular complexity index is 1710. The zero-order valence-electron chi connectivity index (χ0n) is 27.5. The second kappa shape index (κ2) is 16.3. The number of carbonyl (C=O) groups excluding carboxylic acids is 3. The van der Waals surface area contributed by atoms with E-state index in [-0.39, 0.29) is 17.5 Å². The van der Waals surface area contributed by atoms with Crippen LogP contribution < -0.4 is 9.47 Å². The normalized spacial score (nSPS) is 12.9. The largest absolute Gasteiger partial charge is 0.494 e. The highest BCUT2D eigenvalue weighted by Gasteiger charge is 2.33. The van der Waals surface area contributed by atoms with Crippen molar-refractivity contribution >= 4 is 41.1 Å². The standard InChI is InChI=1S/C40H42O5S2/c1-5-6-9-27(4)14-23-36(41)45-29-17-21-31(22-18-29)47-35-13-8-11-33-38(35)40(43)32-10-7-12-34(37(32)39(33)42)46-30-19-15-28(16-20-30)44-25-24-26(2)3/h7-8,10-13,15-22,26-27H,5-6,9,14,23-25H2,1-4H3. The minimum atomic E-state index is -0.227. The highest BCUT2D eigenvalue weighted by molar-refractivity contribution is 7.99. The summed E-state index contributed by atoms with van der Waals surface area (Å²) < 4.78 is 11.4. The van der Waals surface area contributed by atoms with E-state index in [2.05, 4.69) is 27.7 Å². The molecule has 5 nitrogen and oxygen atoms in total. The quantitative estimate of drug-likeness (QED) is 0.0813. The number of unbranched alkanes of at least 4 members (excludes halogenated alkanes) is 1. The summed E-state index contributed by atoms with van der Waals surface area (Å²) in [6.07, 6.45) is 5.68. The van der Waals surface area contributed by atoms with Crippen molar-refractivity contribution in [2.24, 2.45) is 11.8 Å². The van der Waals surface area contributed by atoms with Crippen molar-refractivity contribution < 1.29 is 23.9 Å². The van der Waals surface area contributed by atoms with E-state index in [0.717, 1.165) is 46.1 Å². The molecule has 1 unspecified atom stereocenters. The van der Waals surface area contributed by atoms with Crippen LogP contribution in [0.1, 0.15) is 98.1 Å². The average molecular weight is 667 g/mol. The molecule has 0 saturated carbocycles. The number of ketones is 2. The Kier molecular flexibility index (Phi) is 12.0. The SMILES string of the molecule is CCCCC(C)CCC(=O)Oc1ccc(Sc2cccc3c2C(=O)c2cccc(Sc4ccc(OCCC(C)C)cc4)c2C3=O)cc1. The van der Waals surface area contributed by atoms with E-state index >= 15 is 0 Å². The van der Waals surface area contributed by atoms with E-state index in [1.807, 2.05) is 60.7 Å². The number of fused-ring (bicyclic) bond motifs is 2. The summed E-state index contributed by atoms with van der Waals surface area (Å²) in [6.45, 7) is 9.37. The van der Waals surface area contributed by atoms with Gasteiger partial charge in [-0.1, -0.05) is 94.7 Å². The molecule has 7 heteroatoms. The molecule has 0 fully saturated rings. The summed E-state index contributed by atoms with van der Waals surface area (Å²) in [5.74, 6) is 1.85. The van der Waals surface area contributed by atoms with Gasteiger partial charge in [-0.25, -0.2) is 0 Å². The van der Waals surface area contributed by atoms with Crippen LogP contribution in [0.4, 0.5) is 0 Å². The molecule has 0 heterocycles. The molecule has 0 amide bonds. The van der Waals surface area contributed by atoms with E-state index in [1.165, 1.54) is 29.9 Å². The summed E-state index contributed by atoms with van der Waals surface area (Å²) in [6, 6.07) is 26.0. The fourth-order valence-corrected chi connectivity index (χ4v) is 7.39. The monoisotopic (exact) mass is 666 g/mol. The molecule has 0 spiro atoms. The van der Waals surface area contributed by atoms with Gasteiger partial charge in [0.1, 0.15) is 11.5 Å². The molecule has 5 rings (SSSR count). The molecule has 47 heavy (non-hydrogen) atoms. The Morgan fingerprint density at radius 3 is 1.72 bits per heavy atom. The van der Waals surface area contributed by atoms with Gasteiger partial charge in [0.05, 0.1) is 6.61 Å². The lowest BCUT2D eigenvalue weighted by molar-refractivity contribution is -0.134. The first-order valence-corrected chi connectivity index (χ1v) is 18.1. The molecule has 1 aliphatic carbocycles. The molecule has 1 aliphatic rings. The second-order valence-corrected chi connectivity index (χ2v) is 14.7. The maximum Gasteiger partial charge on any atom is 0.311 e. The molecule has 1 atom stereocenters. The van der Waals surface area contributed by atoms with E-state index in [4.69, 9.17) is 9.47 Å². The third-order valence-electron chi connectivity index (χ3n) is 8.19. The third-order valence-corrected chi connectivity index (χ3v) is 10.3. The van der Waals surface area contributed by atoms with Gasteiger partial charge in [0, 0.05) is 48.3 Å². The molecule has 4 aromatic rings. The Labute approximate surface area is 286 Å². The first-order chi connectivity index (χ1) is 22.7. The Balaban J connectivity index is 1.27. The second-order valence-electron chi connectivity index (χ2n) is 12.5. The van der Waals surface area contributed by atoms with Crippen molar-refractivity contribution in [1.82, 2.24) is 0 Å². The minimum Gasteiger partial charge on any atom is -0.494 e. The van der Waals surface area contributed by atoms with Crippen molar-refractivity contribution in [3.8, 4) is 11.5 Å². The number of hydrogen-bond donors (Lipinski definition) is 0. The topological polar surface area (TPSA) is 69.7 Å². The van der Waals surface area contributed by atoms with Crippen LogP contribution in [0.5, 0.6) is 11.5 Å². The minimum absolute atomic E-state index is 0.153. The fourth-order valence-electron chi connectivity index (χ4n) is 5.44. The Hall–Kier alpha value is -3.81. The van der Waals surface area contributed by atoms with Crippen LogP contribution in [0.15, 0.2) is 105 Å². The average Bonchev–Trinajstić information content (AvgIpc) is 3.06. The fraction of sp³-hybridized carbons (Fsp3) is 0.325. The first-order valence-electron chi connectivity index (χ1n) is 16.5. The van der Waals surface area contributed by atoms with Crippen LogP contribution in [0, 0.1) is 11.8 Å². The van der Waals surface area contributed by atoms with Gasteiger partial charge in [0.15, 0.2) is 11.6 Å². The zero-order chi connectivity index (χ0) is 33.3. The van der Waals surface area contributed by atoms with Gasteiger partial charge >= 0.3 is 5.97 Å². The maximum absolute atomic E-state index is 14.0. The number of esters is 1. The molecular weight excluding hydrogens is 625 g/mol. The molecule has 0 bridgehead atoms. The summed E-state index contributed by atoms with van der Waals surface area (Å²) in [4.78, 5) is 43.6. The number of hydrogen-bond acceptors (Lipinski definition) is 7. The van der Waals surface area contributed by atoms with Crippen LogP contribution >= 0.6 is 23.5 Å². The van der Waals surface area contributed by atoms with Crippen LogP contribution in [0.2, 0.25) is 0 Å². The number of rotatable bonds is 15. The Morgan fingerprint density at radius 1 is 0.681 bits per heavy atom. The summed E-state index contributed by atoms with van der Waals surface area (Å²) in [5.41, 5.74) is 1.70. The molecule has 4 aromatic carbocycles. The van der Waals surface area contributed by atoms with Gasteiger partial charge in [0.25, 0.3) is 0 Å². The van der Waals surface area contributed by atoms with E-state index in [9.17, 15) is 14.4 Å². The summed E-state index contributed by atoms with van der Waals surface area (Å²) in [7, 11) is 0. The number of benzene rings is 4. The number of carbonyl (C=O) groups is 3. The molecule has 0 aliphatic heterocycles. The van der Waals surface area contributed by atoms with Crippen molar-refractivity contribution in [3.63, 3.8) is 0 Å². The lowest BCUT2D eigenvalue weighted by Gasteiger charge is -2.22. The first kappa shape index (κ1) is 34.5. The predicted octanol–water partition coefficient (Wildman–Crippen LogP) is 10.7. The van der Waals surface area contributed by atoms with Gasteiger partial charge < -0.3 is 9.47 Å². The predicted molar refractivity (Wildman–Crippen MR) is 189 cm³/mol. The Morgan fingerprint density at radius 2 is 1.21 bits per heavy atom. The molecule has 0 N–H and O–H groups in total. The van der Waals surface area contributed by atoms with Crippen LogP contribution in [0.3, 0.4) is 0 Å². The van der Waals surface area contributed by atoms with Crippen molar-refractivity contribution in [2.45, 2.75) is 85.8 Å². The molecule has 244 valence electrons. The third kappa shape index (κ3) is 8.96. The van der Waals surface area contributed by atoms with Crippen molar-refractivity contribution in [3.05, 3.63) is 107 Å². The van der Waals surface area contributed by atoms with E-state index in [1.54, 1.807) is 24.3 Å². The molecule has 0 saturated heterocycles. The van der Waals surface area contributed by atoms with E-state index < -0.39 is 0 Å². The summed E-state index contributed by atoms with van der Waals surface area (Å²) >= 11 is 2.89. The van der Waals surface area contributed by atoms with Crippen LogP contribution in [-0.2, 0) is 4.79 Å². The lowest BCUT2D eigenvalue weighted by atomic mass is 9.84. The maximum atomic E-state index is 14.0. The summed E-state index contributed by atoms with van der Waals surface area (Å²) in [5, 5.41) is 0. The lowest BCUT2D eigenvalue weighted by Crippen LogP contribution is -2.22. The van der Waals surface area contributed by atoms with E-state index in [0.29, 0.717) is 57.8 Å². The van der Waals surface area contributed by atoms with Gasteiger partial charge in [-0.15, -0.1) is 0 Å².